The van der Waals surface area contributed by atoms with Crippen molar-refractivity contribution in [1.29, 1.82) is 0 Å². The third kappa shape index (κ3) is 5.49. The summed E-state index contributed by atoms with van der Waals surface area (Å²) in [6.45, 7) is 5.22. The molecular formula is C17H24FN3O3. The third-order valence-electron chi connectivity index (χ3n) is 3.94. The maximum Gasteiger partial charge on any atom is 0.409 e. The van der Waals surface area contributed by atoms with E-state index in [0.717, 1.165) is 0 Å². The second-order valence-corrected chi connectivity index (χ2v) is 5.65. The molecule has 0 unspecified atom stereocenters. The molecule has 2 rings (SSSR count). The van der Waals surface area contributed by atoms with E-state index in [2.05, 4.69) is 5.32 Å². The standard InChI is InChI=1S/C17H24FN3O3/c1-2-24-17(23)21-11-9-20(10-12-21)13-16(22)19-8-7-14-5-3-4-6-15(14)18/h3-6H,2,7-13H2,1H3,(H,19,22). The topological polar surface area (TPSA) is 61.9 Å². The highest BCUT2D eigenvalue weighted by molar-refractivity contribution is 5.78. The van der Waals surface area contributed by atoms with Crippen LogP contribution in [0.5, 0.6) is 0 Å². The smallest absolute Gasteiger partial charge is 0.409 e. The molecule has 1 aromatic rings. The molecule has 24 heavy (non-hydrogen) atoms. The van der Waals surface area contributed by atoms with Gasteiger partial charge in [-0.15, -0.1) is 0 Å². The van der Waals surface area contributed by atoms with Crippen molar-refractivity contribution < 1.29 is 18.7 Å². The number of carbonyl (C=O) groups excluding carboxylic acids is 2. The van der Waals surface area contributed by atoms with Crippen LogP contribution in [0, 0.1) is 5.82 Å². The van der Waals surface area contributed by atoms with E-state index in [1.165, 1.54) is 6.07 Å². The van der Waals surface area contributed by atoms with Crippen molar-refractivity contribution in [3.8, 4) is 0 Å². The van der Waals surface area contributed by atoms with Crippen molar-refractivity contribution >= 4 is 12.0 Å². The Morgan fingerprint density at radius 1 is 1.21 bits per heavy atom. The molecule has 2 amide bonds. The van der Waals surface area contributed by atoms with Gasteiger partial charge < -0.3 is 15.0 Å². The largest absolute Gasteiger partial charge is 0.450 e. The normalized spacial score (nSPS) is 15.2. The van der Waals surface area contributed by atoms with Crippen molar-refractivity contribution in [3.05, 3.63) is 35.6 Å². The van der Waals surface area contributed by atoms with Crippen LogP contribution in [0.25, 0.3) is 0 Å². The predicted molar refractivity (Wildman–Crippen MR) is 88.1 cm³/mol. The van der Waals surface area contributed by atoms with Gasteiger partial charge in [0.05, 0.1) is 13.2 Å². The van der Waals surface area contributed by atoms with Crippen LogP contribution in [0.3, 0.4) is 0 Å². The lowest BCUT2D eigenvalue weighted by Gasteiger charge is -2.33. The van der Waals surface area contributed by atoms with E-state index in [1.807, 2.05) is 4.90 Å². The summed E-state index contributed by atoms with van der Waals surface area (Å²) in [7, 11) is 0. The van der Waals surface area contributed by atoms with E-state index in [0.29, 0.717) is 51.3 Å². The lowest BCUT2D eigenvalue weighted by molar-refractivity contribution is -0.122. The van der Waals surface area contributed by atoms with Crippen molar-refractivity contribution in [2.24, 2.45) is 0 Å². The molecule has 0 saturated carbocycles. The van der Waals surface area contributed by atoms with E-state index in [-0.39, 0.29) is 24.4 Å². The summed E-state index contributed by atoms with van der Waals surface area (Å²) in [6.07, 6.45) is 0.168. The molecule has 0 spiro atoms. The highest BCUT2D eigenvalue weighted by Gasteiger charge is 2.22. The number of halogens is 1. The van der Waals surface area contributed by atoms with Crippen molar-refractivity contribution in [1.82, 2.24) is 15.1 Å². The number of rotatable bonds is 6. The fourth-order valence-electron chi connectivity index (χ4n) is 2.60. The molecule has 0 atom stereocenters. The van der Waals surface area contributed by atoms with Crippen LogP contribution in [0.15, 0.2) is 24.3 Å². The van der Waals surface area contributed by atoms with Gasteiger partial charge in [-0.3, -0.25) is 9.69 Å². The summed E-state index contributed by atoms with van der Waals surface area (Å²) in [5.41, 5.74) is 0.598. The number of hydrogen-bond acceptors (Lipinski definition) is 4. The molecule has 1 aliphatic rings. The van der Waals surface area contributed by atoms with Gasteiger partial charge in [0.1, 0.15) is 5.82 Å². The minimum Gasteiger partial charge on any atom is -0.450 e. The van der Waals surface area contributed by atoms with Gasteiger partial charge in [-0.25, -0.2) is 9.18 Å². The Bertz CT molecular complexity index is 560. The van der Waals surface area contributed by atoms with Crippen LogP contribution >= 0.6 is 0 Å². The van der Waals surface area contributed by atoms with Crippen molar-refractivity contribution in [3.63, 3.8) is 0 Å². The quantitative estimate of drug-likeness (QED) is 0.849. The molecule has 1 aliphatic heterocycles. The molecular weight excluding hydrogens is 313 g/mol. The molecule has 1 N–H and O–H groups in total. The summed E-state index contributed by atoms with van der Waals surface area (Å²) >= 11 is 0. The van der Waals surface area contributed by atoms with E-state index >= 15 is 0 Å². The average Bonchev–Trinajstić information content (AvgIpc) is 2.57. The van der Waals surface area contributed by atoms with E-state index < -0.39 is 0 Å². The maximum absolute atomic E-state index is 13.5. The molecule has 6 nitrogen and oxygen atoms in total. The summed E-state index contributed by atoms with van der Waals surface area (Å²) in [4.78, 5) is 27.2. The monoisotopic (exact) mass is 337 g/mol. The van der Waals surface area contributed by atoms with Crippen LogP contribution in [-0.2, 0) is 16.0 Å². The summed E-state index contributed by atoms with van der Waals surface area (Å²) in [6, 6.07) is 6.56. The Morgan fingerprint density at radius 3 is 2.58 bits per heavy atom. The first kappa shape index (κ1) is 18.2. The van der Waals surface area contributed by atoms with Crippen LogP contribution in [0.4, 0.5) is 9.18 Å². The molecule has 0 aromatic heterocycles. The lowest BCUT2D eigenvalue weighted by atomic mass is 10.1. The highest BCUT2D eigenvalue weighted by atomic mass is 19.1. The fraction of sp³-hybridized carbons (Fsp3) is 0.529. The van der Waals surface area contributed by atoms with Gasteiger partial charge in [0.25, 0.3) is 0 Å². The number of nitrogens with zero attached hydrogens (tertiary/aromatic N) is 2. The zero-order chi connectivity index (χ0) is 17.4. The fourth-order valence-corrected chi connectivity index (χ4v) is 2.60. The van der Waals surface area contributed by atoms with Gasteiger partial charge >= 0.3 is 6.09 Å². The predicted octanol–water partition coefficient (Wildman–Crippen LogP) is 1.26. The Hall–Kier alpha value is -2.15. The van der Waals surface area contributed by atoms with Gasteiger partial charge in [0, 0.05) is 32.7 Å². The van der Waals surface area contributed by atoms with Crippen LogP contribution < -0.4 is 5.32 Å². The van der Waals surface area contributed by atoms with E-state index in [9.17, 15) is 14.0 Å². The molecule has 7 heteroatoms. The Labute approximate surface area is 141 Å². The van der Waals surface area contributed by atoms with Gasteiger partial charge in [-0.2, -0.15) is 0 Å². The highest BCUT2D eigenvalue weighted by Crippen LogP contribution is 2.06. The molecule has 1 heterocycles. The number of amides is 2. The average molecular weight is 337 g/mol. The van der Waals surface area contributed by atoms with E-state index in [4.69, 9.17) is 4.74 Å². The molecule has 0 aliphatic carbocycles. The summed E-state index contributed by atoms with van der Waals surface area (Å²) < 4.78 is 18.4. The number of hydrogen-bond donors (Lipinski definition) is 1. The van der Waals surface area contributed by atoms with Gasteiger partial charge in [-0.05, 0) is 25.0 Å². The number of carbonyl (C=O) groups is 2. The van der Waals surface area contributed by atoms with Crippen LogP contribution in [0.2, 0.25) is 0 Å². The van der Waals surface area contributed by atoms with Gasteiger partial charge in [-0.1, -0.05) is 18.2 Å². The maximum atomic E-state index is 13.5. The number of ether oxygens (including phenoxy) is 1. The molecule has 1 fully saturated rings. The second kappa shape index (κ2) is 9.22. The number of nitrogens with one attached hydrogen (secondary N) is 1. The molecule has 1 saturated heterocycles. The van der Waals surface area contributed by atoms with Crippen molar-refractivity contribution in [2.45, 2.75) is 13.3 Å². The van der Waals surface area contributed by atoms with Gasteiger partial charge in [0.2, 0.25) is 5.91 Å². The number of piperazine rings is 1. The summed E-state index contributed by atoms with van der Waals surface area (Å²) in [5, 5.41) is 2.81. The molecule has 0 radical (unpaired) electrons. The Kier molecular flexibility index (Phi) is 6.99. The van der Waals surface area contributed by atoms with Crippen LogP contribution in [0.1, 0.15) is 12.5 Å². The minimum absolute atomic E-state index is 0.0871. The Morgan fingerprint density at radius 2 is 1.92 bits per heavy atom. The van der Waals surface area contributed by atoms with Crippen molar-refractivity contribution in [2.75, 3.05) is 45.9 Å². The third-order valence-corrected chi connectivity index (χ3v) is 3.94. The number of benzene rings is 1. The molecule has 132 valence electrons. The zero-order valence-corrected chi connectivity index (χ0v) is 14.0. The molecule has 1 aromatic carbocycles. The minimum atomic E-state index is -0.300. The first-order valence-electron chi connectivity index (χ1n) is 8.24. The lowest BCUT2D eigenvalue weighted by Crippen LogP contribution is -2.51. The Balaban J connectivity index is 1.65. The van der Waals surface area contributed by atoms with Crippen LogP contribution in [-0.4, -0.2) is 67.7 Å². The molecule has 0 bridgehead atoms. The zero-order valence-electron chi connectivity index (χ0n) is 14.0. The van der Waals surface area contributed by atoms with Gasteiger partial charge in [0.15, 0.2) is 0 Å². The SMILES string of the molecule is CCOC(=O)N1CCN(CC(=O)NCCc2ccccc2F)CC1. The first-order chi connectivity index (χ1) is 11.6. The summed E-state index contributed by atoms with van der Waals surface area (Å²) in [5.74, 6) is -0.335. The second-order valence-electron chi connectivity index (χ2n) is 5.65. The first-order valence-corrected chi connectivity index (χ1v) is 8.24. The van der Waals surface area contributed by atoms with E-state index in [1.54, 1.807) is 30.0 Å².